The smallest absolute Gasteiger partial charge is 0.161 e. The minimum absolute atomic E-state index is 0.693. The Morgan fingerprint density at radius 3 is 2.76 bits per heavy atom. The van der Waals surface area contributed by atoms with Gasteiger partial charge in [0.1, 0.15) is 5.01 Å². The van der Waals surface area contributed by atoms with Crippen LogP contribution in [0.3, 0.4) is 0 Å². The number of rotatable bonds is 7. The minimum atomic E-state index is 0.693. The molecule has 114 valence electrons. The number of ether oxygens (including phenoxy) is 2. The Kier molecular flexibility index (Phi) is 5.59. The fraction of sp³-hybridized carbons (Fsp3) is 0.438. The van der Waals surface area contributed by atoms with Crippen molar-refractivity contribution in [2.24, 2.45) is 0 Å². The molecule has 0 amide bonds. The Morgan fingerprint density at radius 2 is 2.10 bits per heavy atom. The number of benzene rings is 1. The van der Waals surface area contributed by atoms with Crippen molar-refractivity contribution in [1.82, 2.24) is 10.3 Å². The van der Waals surface area contributed by atoms with Crippen molar-refractivity contribution in [2.75, 3.05) is 20.8 Å². The van der Waals surface area contributed by atoms with Gasteiger partial charge in [0.05, 0.1) is 19.4 Å². The predicted molar refractivity (Wildman–Crippen MR) is 87.4 cm³/mol. The van der Waals surface area contributed by atoms with Gasteiger partial charge < -0.3 is 14.8 Å². The van der Waals surface area contributed by atoms with Crippen molar-refractivity contribution in [1.29, 1.82) is 0 Å². The van der Waals surface area contributed by atoms with Gasteiger partial charge in [-0.1, -0.05) is 6.92 Å². The van der Waals surface area contributed by atoms with E-state index in [2.05, 4.69) is 17.2 Å². The molecule has 1 aromatic carbocycles. The second kappa shape index (κ2) is 7.43. The molecule has 0 unspecified atom stereocenters. The van der Waals surface area contributed by atoms with E-state index in [1.54, 1.807) is 18.4 Å². The van der Waals surface area contributed by atoms with Crippen LogP contribution in [0.15, 0.2) is 18.2 Å². The highest BCUT2D eigenvalue weighted by molar-refractivity contribution is 7.15. The quantitative estimate of drug-likeness (QED) is 0.848. The molecule has 5 heteroatoms. The highest BCUT2D eigenvalue weighted by Crippen LogP contribution is 2.35. The van der Waals surface area contributed by atoms with Crippen LogP contribution >= 0.6 is 11.3 Å². The van der Waals surface area contributed by atoms with Gasteiger partial charge in [0.2, 0.25) is 0 Å². The maximum absolute atomic E-state index is 5.68. The molecular weight excluding hydrogens is 284 g/mol. The number of nitrogens with zero attached hydrogens (tertiary/aromatic N) is 1. The van der Waals surface area contributed by atoms with Crippen LogP contribution in [0.4, 0.5) is 0 Å². The van der Waals surface area contributed by atoms with Crippen molar-refractivity contribution in [3.05, 3.63) is 28.8 Å². The minimum Gasteiger partial charge on any atom is -0.493 e. The molecule has 0 saturated carbocycles. The van der Waals surface area contributed by atoms with Gasteiger partial charge in [-0.15, -0.1) is 11.3 Å². The summed E-state index contributed by atoms with van der Waals surface area (Å²) in [5.41, 5.74) is 2.14. The summed E-state index contributed by atoms with van der Waals surface area (Å²) in [6, 6.07) is 5.99. The molecule has 2 rings (SSSR count). The first-order valence-corrected chi connectivity index (χ1v) is 7.93. The van der Waals surface area contributed by atoms with Crippen LogP contribution in [0, 0.1) is 6.92 Å². The molecular formula is C16H22N2O2S. The van der Waals surface area contributed by atoms with Crippen LogP contribution in [0.25, 0.3) is 10.6 Å². The Balaban J connectivity index is 2.29. The maximum atomic E-state index is 5.68. The fourth-order valence-electron chi connectivity index (χ4n) is 2.01. The summed E-state index contributed by atoms with van der Waals surface area (Å²) >= 11 is 1.71. The number of aryl methyl sites for hydroxylation is 1. The van der Waals surface area contributed by atoms with Gasteiger partial charge >= 0.3 is 0 Å². The highest BCUT2D eigenvalue weighted by Gasteiger charge is 2.12. The third kappa shape index (κ3) is 3.74. The standard InChI is InChI=1S/C16H22N2O2S/c1-5-8-20-13-7-6-12(9-14(13)19-4)16-18-11(2)15(21-16)10-17-3/h6-7,9,17H,5,8,10H2,1-4H3. The zero-order valence-corrected chi connectivity index (χ0v) is 13.8. The Labute approximate surface area is 130 Å². The summed E-state index contributed by atoms with van der Waals surface area (Å²) in [6.07, 6.45) is 0.976. The third-order valence-corrected chi connectivity index (χ3v) is 4.31. The molecule has 2 aromatic rings. The van der Waals surface area contributed by atoms with Gasteiger partial charge in [-0.3, -0.25) is 0 Å². The van der Waals surface area contributed by atoms with Gasteiger partial charge in [0, 0.05) is 17.0 Å². The van der Waals surface area contributed by atoms with E-state index in [-0.39, 0.29) is 0 Å². The fourth-order valence-corrected chi connectivity index (χ4v) is 3.08. The first-order valence-electron chi connectivity index (χ1n) is 7.11. The highest BCUT2D eigenvalue weighted by atomic mass is 32.1. The molecule has 0 aliphatic heterocycles. The predicted octanol–water partition coefficient (Wildman–Crippen LogP) is 3.64. The molecule has 1 N–H and O–H groups in total. The SMILES string of the molecule is CCCOc1ccc(-c2nc(C)c(CNC)s2)cc1OC. The van der Waals surface area contributed by atoms with Crippen molar-refractivity contribution in [2.45, 2.75) is 26.8 Å². The molecule has 0 aliphatic carbocycles. The second-order valence-electron chi connectivity index (χ2n) is 4.77. The van der Waals surface area contributed by atoms with Crippen molar-refractivity contribution in [3.63, 3.8) is 0 Å². The van der Waals surface area contributed by atoms with E-state index in [9.17, 15) is 0 Å². The van der Waals surface area contributed by atoms with Gasteiger partial charge in [-0.05, 0) is 38.6 Å². The lowest BCUT2D eigenvalue weighted by atomic mass is 10.2. The van der Waals surface area contributed by atoms with E-state index in [0.29, 0.717) is 6.61 Å². The van der Waals surface area contributed by atoms with Crippen LogP contribution in [-0.2, 0) is 6.54 Å². The number of methoxy groups -OCH3 is 1. The molecule has 4 nitrogen and oxygen atoms in total. The molecule has 0 fully saturated rings. The first-order chi connectivity index (χ1) is 10.2. The average Bonchev–Trinajstić information content (AvgIpc) is 2.86. The summed E-state index contributed by atoms with van der Waals surface area (Å²) < 4.78 is 11.1. The Bertz CT molecular complexity index is 596. The largest absolute Gasteiger partial charge is 0.493 e. The molecule has 0 saturated heterocycles. The lowest BCUT2D eigenvalue weighted by Crippen LogP contribution is -2.04. The van der Waals surface area contributed by atoms with Crippen LogP contribution in [-0.4, -0.2) is 25.7 Å². The molecule has 0 spiro atoms. The number of thiazole rings is 1. The number of hydrogen-bond acceptors (Lipinski definition) is 5. The van der Waals surface area contributed by atoms with Crippen LogP contribution in [0.5, 0.6) is 11.5 Å². The molecule has 0 aliphatic rings. The normalized spacial score (nSPS) is 10.7. The topological polar surface area (TPSA) is 43.4 Å². The summed E-state index contributed by atoms with van der Waals surface area (Å²) in [6.45, 7) is 5.67. The molecule has 1 heterocycles. The number of hydrogen-bond donors (Lipinski definition) is 1. The number of nitrogens with one attached hydrogen (secondary N) is 1. The Hall–Kier alpha value is -1.59. The molecule has 0 bridgehead atoms. The van der Waals surface area contributed by atoms with Gasteiger partial charge in [-0.2, -0.15) is 0 Å². The van der Waals surface area contributed by atoms with Crippen LogP contribution in [0.1, 0.15) is 23.9 Å². The molecule has 1 aromatic heterocycles. The van der Waals surface area contributed by atoms with Crippen molar-refractivity contribution in [3.8, 4) is 22.1 Å². The summed E-state index contributed by atoms with van der Waals surface area (Å²) in [5.74, 6) is 1.54. The van der Waals surface area contributed by atoms with Gasteiger partial charge in [0.15, 0.2) is 11.5 Å². The summed E-state index contributed by atoms with van der Waals surface area (Å²) in [7, 11) is 3.61. The summed E-state index contributed by atoms with van der Waals surface area (Å²) in [4.78, 5) is 5.91. The van der Waals surface area contributed by atoms with Gasteiger partial charge in [0.25, 0.3) is 0 Å². The average molecular weight is 306 g/mol. The van der Waals surface area contributed by atoms with E-state index in [4.69, 9.17) is 9.47 Å². The maximum Gasteiger partial charge on any atom is 0.161 e. The van der Waals surface area contributed by atoms with E-state index in [1.807, 2.05) is 32.2 Å². The molecule has 21 heavy (non-hydrogen) atoms. The third-order valence-electron chi connectivity index (χ3n) is 3.10. The van der Waals surface area contributed by atoms with Crippen LogP contribution in [0.2, 0.25) is 0 Å². The lowest BCUT2D eigenvalue weighted by Gasteiger charge is -2.10. The first kappa shape index (κ1) is 15.8. The Morgan fingerprint density at radius 1 is 1.29 bits per heavy atom. The van der Waals surface area contributed by atoms with Crippen molar-refractivity contribution < 1.29 is 9.47 Å². The second-order valence-corrected chi connectivity index (χ2v) is 5.86. The zero-order valence-electron chi connectivity index (χ0n) is 13.0. The summed E-state index contributed by atoms with van der Waals surface area (Å²) in [5, 5.41) is 4.18. The van der Waals surface area contributed by atoms with Crippen LogP contribution < -0.4 is 14.8 Å². The lowest BCUT2D eigenvalue weighted by molar-refractivity contribution is 0.294. The zero-order chi connectivity index (χ0) is 15.2. The van der Waals surface area contributed by atoms with E-state index in [1.165, 1.54) is 4.88 Å². The molecule has 0 atom stereocenters. The van der Waals surface area contributed by atoms with E-state index >= 15 is 0 Å². The van der Waals surface area contributed by atoms with Crippen molar-refractivity contribution >= 4 is 11.3 Å². The monoisotopic (exact) mass is 306 g/mol. The van der Waals surface area contributed by atoms with E-state index in [0.717, 1.165) is 40.7 Å². The molecule has 0 radical (unpaired) electrons. The number of aromatic nitrogens is 1. The van der Waals surface area contributed by atoms with Gasteiger partial charge in [-0.25, -0.2) is 4.98 Å². The van der Waals surface area contributed by atoms with E-state index < -0.39 is 0 Å².